The Balaban J connectivity index is 2.17. The van der Waals surface area contributed by atoms with Crippen molar-refractivity contribution in [2.45, 2.75) is 59.3 Å². The molecular formula is C20H33N5O2. The van der Waals surface area contributed by atoms with Crippen LogP contribution in [0.3, 0.4) is 0 Å². The van der Waals surface area contributed by atoms with Crippen LogP contribution in [0, 0.1) is 11.8 Å². The van der Waals surface area contributed by atoms with Crippen molar-refractivity contribution >= 4 is 11.8 Å². The summed E-state index contributed by atoms with van der Waals surface area (Å²) in [6.45, 7) is 10.2. The van der Waals surface area contributed by atoms with Crippen LogP contribution in [0.5, 0.6) is 0 Å². The maximum Gasteiger partial charge on any atom is 0.237 e. The Hall–Kier alpha value is -1.99. The molecule has 1 aromatic heterocycles. The van der Waals surface area contributed by atoms with E-state index in [9.17, 15) is 9.59 Å². The summed E-state index contributed by atoms with van der Waals surface area (Å²) in [6, 6.07) is 5.30. The van der Waals surface area contributed by atoms with Gasteiger partial charge in [0.2, 0.25) is 11.8 Å². The zero-order valence-corrected chi connectivity index (χ0v) is 16.8. The minimum Gasteiger partial charge on any atom is -0.355 e. The van der Waals surface area contributed by atoms with E-state index in [2.05, 4.69) is 26.3 Å². The minimum absolute atomic E-state index is 0.0127. The van der Waals surface area contributed by atoms with Crippen LogP contribution in [0.25, 0.3) is 0 Å². The van der Waals surface area contributed by atoms with Crippen molar-refractivity contribution in [3.05, 3.63) is 29.6 Å². The predicted molar refractivity (Wildman–Crippen MR) is 106 cm³/mol. The molecule has 1 aromatic rings. The molecule has 7 heteroatoms. The highest BCUT2D eigenvalue weighted by Crippen LogP contribution is 2.07. The second kappa shape index (κ2) is 10.4. The summed E-state index contributed by atoms with van der Waals surface area (Å²) < 4.78 is 0. The maximum atomic E-state index is 12.5. The number of nitrogens with one attached hydrogen (secondary N) is 4. The van der Waals surface area contributed by atoms with E-state index >= 15 is 0 Å². The van der Waals surface area contributed by atoms with Gasteiger partial charge in [0.25, 0.3) is 0 Å². The number of pyridine rings is 1. The van der Waals surface area contributed by atoms with Gasteiger partial charge in [-0.3, -0.25) is 25.2 Å². The third-order valence-electron chi connectivity index (χ3n) is 4.72. The number of hydrogen-bond donors (Lipinski definition) is 4. The van der Waals surface area contributed by atoms with E-state index < -0.39 is 0 Å². The zero-order chi connectivity index (χ0) is 19.8. The summed E-state index contributed by atoms with van der Waals surface area (Å²) in [7, 11) is 0. The number of fused-ring (bicyclic) bond motifs is 2. The van der Waals surface area contributed by atoms with Gasteiger partial charge in [-0.2, -0.15) is 0 Å². The molecule has 1 aliphatic heterocycles. The minimum atomic E-state index is -0.276. The number of amides is 2. The number of hydrogen-bond acceptors (Lipinski definition) is 5. The summed E-state index contributed by atoms with van der Waals surface area (Å²) in [5.41, 5.74) is 1.76. The molecule has 0 fully saturated rings. The van der Waals surface area contributed by atoms with E-state index in [0.29, 0.717) is 32.6 Å². The van der Waals surface area contributed by atoms with E-state index in [1.807, 2.05) is 45.9 Å². The maximum absolute atomic E-state index is 12.5. The third-order valence-corrected chi connectivity index (χ3v) is 4.72. The summed E-state index contributed by atoms with van der Waals surface area (Å²) in [5, 5.41) is 12.6. The monoisotopic (exact) mass is 375 g/mol. The first-order chi connectivity index (χ1) is 12.9. The molecule has 2 bridgehead atoms. The predicted octanol–water partition coefficient (Wildman–Crippen LogP) is 0.946. The summed E-state index contributed by atoms with van der Waals surface area (Å²) in [5.74, 6) is 0.308. The highest BCUT2D eigenvalue weighted by atomic mass is 16.2. The van der Waals surface area contributed by atoms with Gasteiger partial charge < -0.3 is 10.6 Å². The van der Waals surface area contributed by atoms with Gasteiger partial charge in [-0.25, -0.2) is 0 Å². The van der Waals surface area contributed by atoms with Gasteiger partial charge in [0.15, 0.2) is 0 Å². The third kappa shape index (κ3) is 6.59. The largest absolute Gasteiger partial charge is 0.355 e. The molecule has 2 heterocycles. The van der Waals surface area contributed by atoms with E-state index in [0.717, 1.165) is 11.4 Å². The second-order valence-electron chi connectivity index (χ2n) is 7.76. The quantitative estimate of drug-likeness (QED) is 0.617. The summed E-state index contributed by atoms with van der Waals surface area (Å²) >= 11 is 0. The van der Waals surface area contributed by atoms with Gasteiger partial charge in [0, 0.05) is 26.2 Å². The van der Waals surface area contributed by atoms with Crippen molar-refractivity contribution in [3.8, 4) is 0 Å². The SMILES string of the molecule is CC(C)[C@@H]1NCc2cccc(n2)CN[C@@H](C(C)C)C(=O)NCCCNC1=O. The van der Waals surface area contributed by atoms with Crippen LogP contribution in [0.1, 0.15) is 45.5 Å². The van der Waals surface area contributed by atoms with Crippen LogP contribution < -0.4 is 21.3 Å². The fourth-order valence-corrected chi connectivity index (χ4v) is 3.15. The average Bonchev–Trinajstić information content (AvgIpc) is 2.60. The van der Waals surface area contributed by atoms with Crippen molar-refractivity contribution < 1.29 is 9.59 Å². The molecule has 0 unspecified atom stereocenters. The van der Waals surface area contributed by atoms with Crippen molar-refractivity contribution in [1.29, 1.82) is 0 Å². The van der Waals surface area contributed by atoms with Gasteiger partial charge in [-0.1, -0.05) is 33.8 Å². The molecule has 0 aliphatic carbocycles. The Bertz CT molecular complexity index is 583. The first kappa shape index (κ1) is 21.3. The van der Waals surface area contributed by atoms with E-state index in [-0.39, 0.29) is 35.7 Å². The molecular weight excluding hydrogens is 342 g/mol. The molecule has 1 aliphatic rings. The Kier molecular flexibility index (Phi) is 8.19. The number of nitrogens with zero attached hydrogens (tertiary/aromatic N) is 1. The van der Waals surface area contributed by atoms with Crippen LogP contribution in [0.4, 0.5) is 0 Å². The molecule has 0 spiro atoms. The molecule has 7 nitrogen and oxygen atoms in total. The lowest BCUT2D eigenvalue weighted by Gasteiger charge is -2.23. The number of carbonyl (C=O) groups excluding carboxylic acids is 2. The lowest BCUT2D eigenvalue weighted by molar-refractivity contribution is -0.124. The van der Waals surface area contributed by atoms with Crippen molar-refractivity contribution in [1.82, 2.24) is 26.3 Å². The van der Waals surface area contributed by atoms with E-state index in [1.165, 1.54) is 0 Å². The Morgan fingerprint density at radius 2 is 1.30 bits per heavy atom. The molecule has 2 rings (SSSR count). The first-order valence-corrected chi connectivity index (χ1v) is 9.85. The van der Waals surface area contributed by atoms with Crippen molar-refractivity contribution in [3.63, 3.8) is 0 Å². The van der Waals surface area contributed by atoms with Gasteiger partial charge in [-0.05, 0) is 30.4 Å². The number of aromatic nitrogens is 1. The average molecular weight is 376 g/mol. The first-order valence-electron chi connectivity index (χ1n) is 9.85. The highest BCUT2D eigenvalue weighted by Gasteiger charge is 2.23. The standard InChI is InChI=1S/C20H33N5O2/c1-13(2)17-19(26)21-9-6-10-22-20(27)18(14(3)4)24-12-16-8-5-7-15(25-16)11-23-17/h5,7-8,13-14,17-18,23-24H,6,9-12H2,1-4H3,(H,21,26)(H,22,27)/t17-,18-/m0/s1. The molecule has 2 amide bonds. The van der Waals surface area contributed by atoms with Crippen LogP contribution in [0.15, 0.2) is 18.2 Å². The molecule has 150 valence electrons. The number of carbonyl (C=O) groups is 2. The molecule has 27 heavy (non-hydrogen) atoms. The molecule has 4 N–H and O–H groups in total. The molecule has 0 radical (unpaired) electrons. The smallest absolute Gasteiger partial charge is 0.237 e. The molecule has 0 aromatic carbocycles. The fraction of sp³-hybridized carbons (Fsp3) is 0.650. The molecule has 0 saturated heterocycles. The lowest BCUT2D eigenvalue weighted by atomic mass is 10.0. The van der Waals surface area contributed by atoms with Gasteiger partial charge in [-0.15, -0.1) is 0 Å². The second-order valence-corrected chi connectivity index (χ2v) is 7.76. The summed E-state index contributed by atoms with van der Waals surface area (Å²) in [4.78, 5) is 29.6. The summed E-state index contributed by atoms with van der Waals surface area (Å²) in [6.07, 6.45) is 0.702. The molecule has 0 saturated carbocycles. The topological polar surface area (TPSA) is 95.2 Å². The van der Waals surface area contributed by atoms with Crippen LogP contribution >= 0.6 is 0 Å². The van der Waals surface area contributed by atoms with Crippen LogP contribution in [-0.2, 0) is 22.7 Å². The van der Waals surface area contributed by atoms with Crippen molar-refractivity contribution in [2.24, 2.45) is 11.8 Å². The fourth-order valence-electron chi connectivity index (χ4n) is 3.15. The Labute approximate surface area is 162 Å². The molecule has 2 atom stereocenters. The van der Waals surface area contributed by atoms with Gasteiger partial charge in [0.1, 0.15) is 0 Å². The van der Waals surface area contributed by atoms with E-state index in [1.54, 1.807) is 0 Å². The normalized spacial score (nSPS) is 23.2. The van der Waals surface area contributed by atoms with E-state index in [4.69, 9.17) is 0 Å². The van der Waals surface area contributed by atoms with Gasteiger partial charge >= 0.3 is 0 Å². The van der Waals surface area contributed by atoms with Gasteiger partial charge in [0.05, 0.1) is 23.5 Å². The Morgan fingerprint density at radius 3 is 1.70 bits per heavy atom. The Morgan fingerprint density at radius 1 is 0.852 bits per heavy atom. The van der Waals surface area contributed by atoms with Crippen LogP contribution in [-0.4, -0.2) is 42.0 Å². The number of rotatable bonds is 2. The lowest BCUT2D eigenvalue weighted by Crippen LogP contribution is -2.49. The highest BCUT2D eigenvalue weighted by molar-refractivity contribution is 5.82. The van der Waals surface area contributed by atoms with Crippen LogP contribution in [0.2, 0.25) is 0 Å². The zero-order valence-electron chi connectivity index (χ0n) is 16.8. The van der Waals surface area contributed by atoms with Crippen molar-refractivity contribution in [2.75, 3.05) is 13.1 Å².